The zero-order valence-electron chi connectivity index (χ0n) is 14.0. The highest BCUT2D eigenvalue weighted by atomic mass is 32.2. The maximum absolute atomic E-state index is 12.4. The summed E-state index contributed by atoms with van der Waals surface area (Å²) in [6.07, 6.45) is 4.34. The fraction of sp³-hybridized carbons (Fsp3) is 0.526. The average molecular weight is 318 g/mol. The van der Waals surface area contributed by atoms with Gasteiger partial charge in [-0.2, -0.15) is 0 Å². The van der Waals surface area contributed by atoms with Crippen molar-refractivity contribution in [1.29, 1.82) is 0 Å². The molecule has 0 spiro atoms. The maximum Gasteiger partial charge on any atom is 0.313 e. The molecule has 0 saturated heterocycles. The monoisotopic (exact) mass is 318 g/mol. The quantitative estimate of drug-likeness (QED) is 0.727. The molecule has 0 bridgehead atoms. The maximum atomic E-state index is 12.4. The summed E-state index contributed by atoms with van der Waals surface area (Å²) in [5.41, 5.74) is 1.39. The van der Waals surface area contributed by atoms with E-state index in [4.69, 9.17) is 4.74 Å². The molecule has 120 valence electrons. The number of thioether (sulfide) groups is 1. The third-order valence-corrected chi connectivity index (χ3v) is 5.58. The van der Waals surface area contributed by atoms with Gasteiger partial charge in [-0.1, -0.05) is 57.2 Å². The smallest absolute Gasteiger partial charge is 0.313 e. The fourth-order valence-corrected chi connectivity index (χ4v) is 4.33. The minimum atomic E-state index is -0.118. The Morgan fingerprint density at radius 1 is 1.27 bits per heavy atom. The lowest BCUT2D eigenvalue weighted by atomic mass is 9.68. The van der Waals surface area contributed by atoms with E-state index in [0.717, 1.165) is 18.6 Å². The van der Waals surface area contributed by atoms with Crippen LogP contribution in [-0.2, 0) is 15.3 Å². The van der Waals surface area contributed by atoms with E-state index in [1.807, 2.05) is 6.07 Å². The van der Waals surface area contributed by atoms with Gasteiger partial charge in [0.15, 0.2) is 0 Å². The summed E-state index contributed by atoms with van der Waals surface area (Å²) in [7, 11) is 1.50. The highest BCUT2D eigenvalue weighted by Gasteiger charge is 2.40. The normalized spacial score (nSPS) is 22.1. The van der Waals surface area contributed by atoms with Crippen molar-refractivity contribution in [2.75, 3.05) is 7.11 Å². The molecule has 0 saturated carbocycles. The topological polar surface area (TPSA) is 26.3 Å². The number of benzene rings is 1. The Morgan fingerprint density at radius 3 is 2.55 bits per heavy atom. The molecule has 22 heavy (non-hydrogen) atoms. The molecule has 0 aliphatic heterocycles. The van der Waals surface area contributed by atoms with Crippen molar-refractivity contribution in [3.63, 3.8) is 0 Å². The van der Waals surface area contributed by atoms with Crippen LogP contribution in [0.1, 0.15) is 39.2 Å². The molecule has 1 aliphatic rings. The van der Waals surface area contributed by atoms with Crippen LogP contribution in [0.2, 0.25) is 0 Å². The van der Waals surface area contributed by atoms with Crippen molar-refractivity contribution in [3.8, 4) is 0 Å². The van der Waals surface area contributed by atoms with Gasteiger partial charge in [-0.05, 0) is 34.6 Å². The summed E-state index contributed by atoms with van der Waals surface area (Å²) in [5.74, 6) is 1.03. The van der Waals surface area contributed by atoms with Gasteiger partial charge in [0.05, 0.1) is 13.0 Å². The van der Waals surface area contributed by atoms with Crippen LogP contribution in [0.4, 0.5) is 0 Å². The Kier molecular flexibility index (Phi) is 5.74. The summed E-state index contributed by atoms with van der Waals surface area (Å²) in [6, 6.07) is 10.4. The first-order valence-electron chi connectivity index (χ1n) is 7.88. The molecule has 0 N–H and O–H groups in total. The third-order valence-electron chi connectivity index (χ3n) is 4.35. The van der Waals surface area contributed by atoms with Gasteiger partial charge in [-0.25, -0.2) is 0 Å². The zero-order chi connectivity index (χ0) is 16.2. The Balaban J connectivity index is 2.16. The predicted octanol–water partition coefficient (Wildman–Crippen LogP) is 5.05. The summed E-state index contributed by atoms with van der Waals surface area (Å²) in [5, 5.41) is 0. The molecule has 0 amide bonds. The van der Waals surface area contributed by atoms with Gasteiger partial charge in [0.1, 0.15) is 0 Å². The fourth-order valence-electron chi connectivity index (χ4n) is 3.13. The van der Waals surface area contributed by atoms with Crippen LogP contribution in [0.25, 0.3) is 0 Å². The Morgan fingerprint density at radius 2 is 1.95 bits per heavy atom. The van der Waals surface area contributed by atoms with Crippen LogP contribution >= 0.6 is 11.8 Å². The summed E-state index contributed by atoms with van der Waals surface area (Å²) < 4.78 is 5.10. The van der Waals surface area contributed by atoms with Gasteiger partial charge >= 0.3 is 5.97 Å². The van der Waals surface area contributed by atoms with Gasteiger partial charge in [-0.15, -0.1) is 11.8 Å². The number of carbonyl (C=O) groups excluding carboxylic acids is 1. The number of allylic oxidation sites excluding steroid dienone is 1. The summed E-state index contributed by atoms with van der Waals surface area (Å²) >= 11 is 1.78. The van der Waals surface area contributed by atoms with Crippen LogP contribution in [0.5, 0.6) is 0 Å². The minimum absolute atomic E-state index is 0.0913. The Labute approximate surface area is 138 Å². The van der Waals surface area contributed by atoms with Crippen LogP contribution in [0.15, 0.2) is 41.3 Å². The van der Waals surface area contributed by atoms with Crippen molar-refractivity contribution < 1.29 is 9.53 Å². The number of esters is 1. The van der Waals surface area contributed by atoms with Crippen molar-refractivity contribution in [2.24, 2.45) is 17.3 Å². The molecule has 0 fully saturated rings. The molecule has 0 aromatic heterocycles. The molecule has 2 atom stereocenters. The number of methoxy groups -OCH3 is 1. The Hall–Kier alpha value is -1.22. The van der Waals surface area contributed by atoms with Crippen LogP contribution in [-0.4, -0.2) is 13.1 Å². The van der Waals surface area contributed by atoms with Crippen molar-refractivity contribution in [1.82, 2.24) is 0 Å². The van der Waals surface area contributed by atoms with Crippen LogP contribution in [0, 0.1) is 17.3 Å². The van der Waals surface area contributed by atoms with E-state index >= 15 is 0 Å². The molecule has 2 unspecified atom stereocenters. The molecule has 0 radical (unpaired) electrons. The minimum Gasteiger partial charge on any atom is -0.469 e. The van der Waals surface area contributed by atoms with Gasteiger partial charge in [-0.3, -0.25) is 4.79 Å². The number of carbonyl (C=O) groups is 1. The van der Waals surface area contributed by atoms with E-state index in [1.165, 1.54) is 17.6 Å². The van der Waals surface area contributed by atoms with Crippen LogP contribution in [0.3, 0.4) is 0 Å². The first kappa shape index (κ1) is 17.1. The van der Waals surface area contributed by atoms with E-state index in [1.54, 1.807) is 11.8 Å². The molecule has 1 aromatic carbocycles. The molecule has 2 rings (SSSR count). The lowest BCUT2D eigenvalue weighted by Crippen LogP contribution is -2.36. The molecule has 3 heteroatoms. The van der Waals surface area contributed by atoms with Gasteiger partial charge in [0.2, 0.25) is 0 Å². The summed E-state index contributed by atoms with van der Waals surface area (Å²) in [6.45, 7) is 6.66. The Bertz CT molecular complexity index is 528. The molecule has 1 aromatic rings. The van der Waals surface area contributed by atoms with E-state index < -0.39 is 0 Å². The van der Waals surface area contributed by atoms with Crippen LogP contribution < -0.4 is 0 Å². The van der Waals surface area contributed by atoms with Crippen molar-refractivity contribution in [3.05, 3.63) is 46.9 Å². The predicted molar refractivity (Wildman–Crippen MR) is 93.5 cm³/mol. The third kappa shape index (κ3) is 4.16. The second-order valence-corrected chi connectivity index (χ2v) is 7.98. The van der Waals surface area contributed by atoms with E-state index in [0.29, 0.717) is 5.92 Å². The second kappa shape index (κ2) is 7.36. The number of hydrogen-bond donors (Lipinski definition) is 0. The summed E-state index contributed by atoms with van der Waals surface area (Å²) in [4.78, 5) is 13.6. The van der Waals surface area contributed by atoms with Gasteiger partial charge in [0.25, 0.3) is 0 Å². The molecular formula is C19H26O2S. The molecular weight excluding hydrogens is 292 g/mol. The van der Waals surface area contributed by atoms with E-state index in [-0.39, 0.29) is 17.3 Å². The van der Waals surface area contributed by atoms with Gasteiger partial charge in [0, 0.05) is 5.75 Å². The van der Waals surface area contributed by atoms with Crippen molar-refractivity contribution in [2.45, 2.75) is 39.4 Å². The number of ether oxygens (including phenoxy) is 1. The number of rotatable bonds is 4. The first-order chi connectivity index (χ1) is 10.4. The second-order valence-electron chi connectivity index (χ2n) is 6.93. The molecule has 1 aliphatic carbocycles. The van der Waals surface area contributed by atoms with E-state index in [9.17, 15) is 4.79 Å². The first-order valence-corrected chi connectivity index (χ1v) is 8.86. The SMILES string of the molecule is COC(=O)C1C(SCc2ccccc2)=CCCC1C(C)(C)C. The average Bonchev–Trinajstić information content (AvgIpc) is 2.52. The molecule has 2 nitrogen and oxygen atoms in total. The van der Waals surface area contributed by atoms with Crippen molar-refractivity contribution >= 4 is 17.7 Å². The highest BCUT2D eigenvalue weighted by Crippen LogP contribution is 2.46. The van der Waals surface area contributed by atoms with Gasteiger partial charge < -0.3 is 4.74 Å². The zero-order valence-corrected chi connectivity index (χ0v) is 14.8. The lowest BCUT2D eigenvalue weighted by Gasteiger charge is -2.39. The largest absolute Gasteiger partial charge is 0.469 e. The number of hydrogen-bond acceptors (Lipinski definition) is 3. The highest BCUT2D eigenvalue weighted by molar-refractivity contribution is 8.02. The van der Waals surface area contributed by atoms with E-state index in [2.05, 4.69) is 51.1 Å². The lowest BCUT2D eigenvalue weighted by molar-refractivity contribution is -0.147. The standard InChI is InChI=1S/C19H26O2S/c1-19(2,3)15-11-8-12-16(17(15)18(20)21-4)22-13-14-9-6-5-7-10-14/h5-7,9-10,12,15,17H,8,11,13H2,1-4H3. The molecule has 0 heterocycles.